The van der Waals surface area contributed by atoms with Gasteiger partial charge in [-0.2, -0.15) is 0 Å². The largest absolute Gasteiger partial charge is 0.480 e. The van der Waals surface area contributed by atoms with Gasteiger partial charge in [-0.3, -0.25) is 9.59 Å². The van der Waals surface area contributed by atoms with Gasteiger partial charge in [-0.05, 0) is 60.7 Å². The zero-order chi connectivity index (χ0) is 31.1. The lowest BCUT2D eigenvalue weighted by atomic mass is 9.85. The van der Waals surface area contributed by atoms with Gasteiger partial charge in [-0.15, -0.1) is 0 Å². The summed E-state index contributed by atoms with van der Waals surface area (Å²) in [6, 6.07) is 25.7. The Kier molecular flexibility index (Phi) is 9.67. The molecule has 43 heavy (non-hydrogen) atoms. The molecule has 4 aromatic rings. The lowest BCUT2D eigenvalue weighted by Crippen LogP contribution is -2.45. The Morgan fingerprint density at radius 3 is 1.98 bits per heavy atom. The highest BCUT2D eigenvalue weighted by Crippen LogP contribution is 2.33. The van der Waals surface area contributed by atoms with E-state index in [1.807, 2.05) is 48.5 Å². The topological polar surface area (TPSA) is 132 Å². The molecule has 9 heteroatoms. The van der Waals surface area contributed by atoms with Crippen LogP contribution in [0.1, 0.15) is 61.5 Å². The van der Waals surface area contributed by atoms with E-state index in [-0.39, 0.29) is 5.56 Å². The number of aliphatic carboxylic acids is 1. The molecule has 2 atom stereocenters. The number of nitrogens with zero attached hydrogens (tertiary/aromatic N) is 1. The van der Waals surface area contributed by atoms with Crippen molar-refractivity contribution >= 4 is 23.8 Å². The number of rotatable bonds is 12. The van der Waals surface area contributed by atoms with Crippen molar-refractivity contribution in [2.24, 2.45) is 0 Å². The number of carbonyl (C=O) groups excluding carboxylic acids is 1. The Morgan fingerprint density at radius 2 is 1.40 bits per heavy atom. The minimum Gasteiger partial charge on any atom is -0.480 e. The SMILES string of the molecule is CC(C(CCc1ccccc1)c1ccc(-c2ccccc2)c(F)c1)N(CC(=O)O)C(=O)c1ccc(C(=O)O)c(C(=O)O)c1. The summed E-state index contributed by atoms with van der Waals surface area (Å²) in [6.07, 6.45) is 1.00. The van der Waals surface area contributed by atoms with Crippen molar-refractivity contribution in [3.63, 3.8) is 0 Å². The van der Waals surface area contributed by atoms with E-state index < -0.39 is 59.3 Å². The zero-order valence-electron chi connectivity index (χ0n) is 23.3. The average molecular weight is 584 g/mol. The second kappa shape index (κ2) is 13.6. The summed E-state index contributed by atoms with van der Waals surface area (Å²) in [5.74, 6) is -6.09. The third-order valence-electron chi connectivity index (χ3n) is 7.46. The van der Waals surface area contributed by atoms with E-state index in [4.69, 9.17) is 0 Å². The molecule has 0 saturated carbocycles. The van der Waals surface area contributed by atoms with Crippen molar-refractivity contribution in [3.8, 4) is 11.1 Å². The predicted molar refractivity (Wildman–Crippen MR) is 158 cm³/mol. The van der Waals surface area contributed by atoms with Crippen LogP contribution in [0.2, 0.25) is 0 Å². The van der Waals surface area contributed by atoms with E-state index in [1.165, 1.54) is 6.07 Å². The third-order valence-corrected chi connectivity index (χ3v) is 7.46. The monoisotopic (exact) mass is 583 g/mol. The second-order valence-corrected chi connectivity index (χ2v) is 10.2. The Morgan fingerprint density at radius 1 is 0.767 bits per heavy atom. The molecule has 0 saturated heterocycles. The standard InChI is InChI=1S/C34H30FNO7/c1-21(36(20-31(37)38)32(39)25-14-17-28(33(40)41)29(18-25)34(42)43)26(15-12-22-8-4-2-5-9-22)24-13-16-27(30(35)19-24)23-10-6-3-7-11-23/h2-11,13-14,16-19,21,26H,12,15,20H2,1H3,(H,37,38)(H,40,41)(H,42,43). The molecule has 8 nitrogen and oxygen atoms in total. The van der Waals surface area contributed by atoms with Gasteiger partial charge in [0.15, 0.2) is 0 Å². The van der Waals surface area contributed by atoms with Crippen LogP contribution in [0.4, 0.5) is 4.39 Å². The molecule has 4 rings (SSSR count). The molecule has 0 aliphatic rings. The van der Waals surface area contributed by atoms with Gasteiger partial charge >= 0.3 is 17.9 Å². The van der Waals surface area contributed by atoms with Crippen LogP contribution in [0, 0.1) is 5.82 Å². The predicted octanol–water partition coefficient (Wildman–Crippen LogP) is 6.22. The summed E-state index contributed by atoms with van der Waals surface area (Å²) < 4.78 is 15.5. The second-order valence-electron chi connectivity index (χ2n) is 10.2. The fourth-order valence-electron chi connectivity index (χ4n) is 5.24. The quantitative estimate of drug-likeness (QED) is 0.180. The average Bonchev–Trinajstić information content (AvgIpc) is 3.00. The minimum atomic E-state index is -1.54. The molecule has 0 bridgehead atoms. The third kappa shape index (κ3) is 7.32. The molecule has 0 heterocycles. The molecule has 0 aliphatic heterocycles. The van der Waals surface area contributed by atoms with Crippen molar-refractivity contribution in [2.45, 2.75) is 31.7 Å². The molecule has 0 aromatic heterocycles. The van der Waals surface area contributed by atoms with Gasteiger partial charge in [0.1, 0.15) is 12.4 Å². The zero-order valence-corrected chi connectivity index (χ0v) is 23.3. The highest BCUT2D eigenvalue weighted by Gasteiger charge is 2.32. The first-order valence-corrected chi connectivity index (χ1v) is 13.6. The van der Waals surface area contributed by atoms with Gasteiger partial charge < -0.3 is 20.2 Å². The molecule has 0 spiro atoms. The number of carboxylic acid groups (broad SMARTS) is 3. The number of halogens is 1. The summed E-state index contributed by atoms with van der Waals surface area (Å²) in [6.45, 7) is 0.957. The van der Waals surface area contributed by atoms with E-state index in [0.29, 0.717) is 29.5 Å². The van der Waals surface area contributed by atoms with E-state index in [1.54, 1.807) is 31.2 Å². The van der Waals surface area contributed by atoms with E-state index in [9.17, 15) is 34.5 Å². The normalized spacial score (nSPS) is 12.2. The van der Waals surface area contributed by atoms with Gasteiger partial charge in [0.25, 0.3) is 5.91 Å². The number of aryl methyl sites for hydroxylation is 1. The Balaban J connectivity index is 1.75. The summed E-state index contributed by atoms with van der Waals surface area (Å²) in [7, 11) is 0. The van der Waals surface area contributed by atoms with Crippen molar-refractivity contribution in [1.82, 2.24) is 4.90 Å². The summed E-state index contributed by atoms with van der Waals surface area (Å²) in [5, 5.41) is 28.6. The van der Waals surface area contributed by atoms with E-state index in [0.717, 1.165) is 28.7 Å². The maximum Gasteiger partial charge on any atom is 0.336 e. The van der Waals surface area contributed by atoms with Crippen LogP contribution < -0.4 is 0 Å². The first-order chi connectivity index (χ1) is 20.6. The molecule has 0 radical (unpaired) electrons. The smallest absolute Gasteiger partial charge is 0.336 e. The van der Waals surface area contributed by atoms with Crippen LogP contribution >= 0.6 is 0 Å². The number of amides is 1. The van der Waals surface area contributed by atoms with Crippen LogP contribution in [0.25, 0.3) is 11.1 Å². The van der Waals surface area contributed by atoms with Gasteiger partial charge in [-0.25, -0.2) is 14.0 Å². The highest BCUT2D eigenvalue weighted by molar-refractivity contribution is 6.05. The first kappa shape index (κ1) is 30.6. The number of carboxylic acids is 3. The fraction of sp³-hybridized carbons (Fsp3) is 0.176. The Bertz CT molecular complexity index is 1640. The Hall–Kier alpha value is -5.31. The fourth-order valence-corrected chi connectivity index (χ4v) is 5.24. The van der Waals surface area contributed by atoms with Gasteiger partial charge in [0.05, 0.1) is 11.1 Å². The van der Waals surface area contributed by atoms with Gasteiger partial charge in [-0.1, -0.05) is 72.8 Å². The maximum atomic E-state index is 15.5. The minimum absolute atomic E-state index is 0.178. The van der Waals surface area contributed by atoms with Crippen LogP contribution in [-0.2, 0) is 11.2 Å². The molecule has 1 amide bonds. The summed E-state index contributed by atoms with van der Waals surface area (Å²) >= 11 is 0. The van der Waals surface area contributed by atoms with Gasteiger partial charge in [0, 0.05) is 23.1 Å². The number of hydrogen-bond acceptors (Lipinski definition) is 4. The van der Waals surface area contributed by atoms with Crippen LogP contribution in [-0.4, -0.2) is 56.6 Å². The Labute approximate surface area is 247 Å². The molecule has 0 fully saturated rings. The van der Waals surface area contributed by atoms with E-state index >= 15 is 4.39 Å². The summed E-state index contributed by atoms with van der Waals surface area (Å²) in [5.41, 5.74) is 1.39. The van der Waals surface area contributed by atoms with Gasteiger partial charge in [0.2, 0.25) is 0 Å². The maximum absolute atomic E-state index is 15.5. The number of hydrogen-bond donors (Lipinski definition) is 3. The number of benzene rings is 4. The molecular formula is C34H30FNO7. The molecule has 3 N–H and O–H groups in total. The van der Waals surface area contributed by atoms with Crippen molar-refractivity contribution in [1.29, 1.82) is 0 Å². The molecule has 2 unspecified atom stereocenters. The van der Waals surface area contributed by atoms with Crippen LogP contribution in [0.3, 0.4) is 0 Å². The lowest BCUT2D eigenvalue weighted by Gasteiger charge is -2.35. The van der Waals surface area contributed by atoms with Crippen LogP contribution in [0.15, 0.2) is 97.1 Å². The summed E-state index contributed by atoms with van der Waals surface area (Å²) in [4.78, 5) is 50.0. The lowest BCUT2D eigenvalue weighted by molar-refractivity contribution is -0.138. The number of carbonyl (C=O) groups is 4. The molecule has 220 valence electrons. The van der Waals surface area contributed by atoms with Crippen molar-refractivity contribution in [2.75, 3.05) is 6.54 Å². The molecular weight excluding hydrogens is 553 g/mol. The van der Waals surface area contributed by atoms with Crippen LogP contribution in [0.5, 0.6) is 0 Å². The highest BCUT2D eigenvalue weighted by atomic mass is 19.1. The first-order valence-electron chi connectivity index (χ1n) is 13.6. The number of aromatic carboxylic acids is 2. The van der Waals surface area contributed by atoms with Crippen molar-refractivity contribution < 1.29 is 38.9 Å². The van der Waals surface area contributed by atoms with E-state index in [2.05, 4.69) is 0 Å². The van der Waals surface area contributed by atoms with Crippen molar-refractivity contribution in [3.05, 3.63) is 131 Å². The molecule has 0 aliphatic carbocycles. The molecule has 4 aromatic carbocycles.